The summed E-state index contributed by atoms with van der Waals surface area (Å²) in [6, 6.07) is 11.6. The minimum absolute atomic E-state index is 0.493. The molecular formula is C33H49NO. The number of ether oxygens (including phenoxy) is 1. The van der Waals surface area contributed by atoms with E-state index in [1.165, 1.54) is 108 Å². The van der Waals surface area contributed by atoms with E-state index >= 15 is 0 Å². The van der Waals surface area contributed by atoms with Gasteiger partial charge in [-0.3, -0.25) is 0 Å². The maximum atomic E-state index is 8.50. The van der Waals surface area contributed by atoms with Crippen LogP contribution in [0.1, 0.15) is 120 Å². The lowest BCUT2D eigenvalue weighted by Crippen LogP contribution is -2.25. The molecular weight excluding hydrogens is 426 g/mol. The fourth-order valence-electron chi connectivity index (χ4n) is 6.02. The van der Waals surface area contributed by atoms with Gasteiger partial charge >= 0.3 is 0 Å². The third-order valence-corrected chi connectivity index (χ3v) is 8.39. The Morgan fingerprint density at radius 3 is 2.29 bits per heavy atom. The SMILES string of the molecule is CCCCCCCc1ccc(C2CCC(COC3CCC(CCC=CC=CC#N)CC3)CC2)cc1. The van der Waals surface area contributed by atoms with E-state index in [-0.39, 0.29) is 0 Å². The van der Waals surface area contributed by atoms with Crippen LogP contribution in [0, 0.1) is 23.2 Å². The number of aryl methyl sites for hydroxylation is 1. The Hall–Kier alpha value is -1.85. The lowest BCUT2D eigenvalue weighted by Gasteiger charge is -2.32. The van der Waals surface area contributed by atoms with Gasteiger partial charge < -0.3 is 4.74 Å². The summed E-state index contributed by atoms with van der Waals surface area (Å²) in [5, 5.41) is 8.50. The van der Waals surface area contributed by atoms with E-state index in [0.717, 1.165) is 30.8 Å². The molecule has 2 fully saturated rings. The highest BCUT2D eigenvalue weighted by molar-refractivity contribution is 5.26. The Morgan fingerprint density at radius 2 is 1.57 bits per heavy atom. The zero-order valence-corrected chi connectivity index (χ0v) is 22.3. The van der Waals surface area contributed by atoms with Crippen LogP contribution in [0.5, 0.6) is 0 Å². The summed E-state index contributed by atoms with van der Waals surface area (Å²) in [7, 11) is 0. The van der Waals surface area contributed by atoms with Gasteiger partial charge in [0.15, 0.2) is 0 Å². The lowest BCUT2D eigenvalue weighted by atomic mass is 9.78. The van der Waals surface area contributed by atoms with E-state index < -0.39 is 0 Å². The highest BCUT2D eigenvalue weighted by Crippen LogP contribution is 2.37. The monoisotopic (exact) mass is 475 g/mol. The Balaban J connectivity index is 1.26. The van der Waals surface area contributed by atoms with Gasteiger partial charge in [-0.25, -0.2) is 0 Å². The van der Waals surface area contributed by atoms with Crippen molar-refractivity contribution in [2.24, 2.45) is 11.8 Å². The van der Waals surface area contributed by atoms with Gasteiger partial charge in [-0.15, -0.1) is 0 Å². The fourth-order valence-corrected chi connectivity index (χ4v) is 6.02. The maximum Gasteiger partial charge on any atom is 0.0912 e. The number of benzene rings is 1. The van der Waals surface area contributed by atoms with E-state index in [9.17, 15) is 0 Å². The number of rotatable bonds is 14. The van der Waals surface area contributed by atoms with E-state index in [2.05, 4.69) is 37.3 Å². The molecule has 0 bridgehead atoms. The molecule has 3 rings (SSSR count). The molecule has 35 heavy (non-hydrogen) atoms. The van der Waals surface area contributed by atoms with Gasteiger partial charge in [0.1, 0.15) is 0 Å². The van der Waals surface area contributed by atoms with Crippen molar-refractivity contribution in [1.29, 1.82) is 5.26 Å². The predicted molar refractivity (Wildman–Crippen MR) is 148 cm³/mol. The van der Waals surface area contributed by atoms with Crippen LogP contribution >= 0.6 is 0 Å². The van der Waals surface area contributed by atoms with Crippen molar-refractivity contribution < 1.29 is 4.74 Å². The second-order valence-electron chi connectivity index (χ2n) is 11.1. The Bertz CT molecular complexity index is 770. The number of nitrogens with zero attached hydrogens (tertiary/aromatic N) is 1. The second-order valence-corrected chi connectivity index (χ2v) is 11.1. The van der Waals surface area contributed by atoms with Crippen LogP contribution in [-0.2, 0) is 11.2 Å². The van der Waals surface area contributed by atoms with Crippen molar-refractivity contribution in [2.75, 3.05) is 6.61 Å². The van der Waals surface area contributed by atoms with Crippen molar-refractivity contribution >= 4 is 0 Å². The largest absolute Gasteiger partial charge is 0.378 e. The van der Waals surface area contributed by atoms with Gasteiger partial charge in [0.25, 0.3) is 0 Å². The molecule has 2 heteroatoms. The molecule has 0 amide bonds. The highest BCUT2D eigenvalue weighted by atomic mass is 16.5. The Morgan fingerprint density at radius 1 is 0.857 bits per heavy atom. The Labute approximate surface area is 215 Å². The van der Waals surface area contributed by atoms with Gasteiger partial charge in [0.05, 0.1) is 12.2 Å². The molecule has 0 atom stereocenters. The molecule has 2 nitrogen and oxygen atoms in total. The molecule has 2 aliphatic carbocycles. The molecule has 0 heterocycles. The number of allylic oxidation sites excluding steroid dienone is 4. The van der Waals surface area contributed by atoms with Crippen LogP contribution in [0.25, 0.3) is 0 Å². The zero-order chi connectivity index (χ0) is 24.6. The predicted octanol–water partition coefficient (Wildman–Crippen LogP) is 9.46. The van der Waals surface area contributed by atoms with Gasteiger partial charge in [-0.1, -0.05) is 75.1 Å². The van der Waals surface area contributed by atoms with E-state index in [1.54, 1.807) is 5.56 Å². The molecule has 0 saturated heterocycles. The summed E-state index contributed by atoms with van der Waals surface area (Å²) in [5.74, 6) is 2.37. The zero-order valence-electron chi connectivity index (χ0n) is 22.3. The minimum Gasteiger partial charge on any atom is -0.378 e. The minimum atomic E-state index is 0.493. The average Bonchev–Trinajstić information content (AvgIpc) is 2.91. The van der Waals surface area contributed by atoms with E-state index in [4.69, 9.17) is 10.00 Å². The maximum absolute atomic E-state index is 8.50. The topological polar surface area (TPSA) is 33.0 Å². The van der Waals surface area contributed by atoms with E-state index in [0.29, 0.717) is 6.10 Å². The van der Waals surface area contributed by atoms with Gasteiger partial charge in [-0.2, -0.15) is 5.26 Å². The summed E-state index contributed by atoms with van der Waals surface area (Å²) < 4.78 is 6.41. The summed E-state index contributed by atoms with van der Waals surface area (Å²) >= 11 is 0. The average molecular weight is 476 g/mol. The van der Waals surface area contributed by atoms with Crippen molar-refractivity contribution in [3.63, 3.8) is 0 Å². The quantitative estimate of drug-likeness (QED) is 0.152. The standard InChI is InChI=1S/C33H49NO/c1-2-3-4-6-9-12-28-14-20-31(21-15-28)32-22-16-30(17-23-32)27-35-33-24-18-29(19-25-33)13-10-7-5-8-11-26-34/h5,7-8,11,14-15,20-21,29-30,32-33H,2-4,6,9-10,12-13,16-19,22-25,27H2,1H3. The van der Waals surface area contributed by atoms with Crippen LogP contribution in [0.4, 0.5) is 0 Å². The number of unbranched alkanes of at least 4 members (excludes halogenated alkanes) is 4. The van der Waals surface area contributed by atoms with Gasteiger partial charge in [0, 0.05) is 12.7 Å². The molecule has 192 valence electrons. The number of hydrogen-bond acceptors (Lipinski definition) is 2. The third kappa shape index (κ3) is 10.7. The lowest BCUT2D eigenvalue weighted by molar-refractivity contribution is -0.00824. The van der Waals surface area contributed by atoms with Crippen LogP contribution in [0.3, 0.4) is 0 Å². The normalized spacial score (nSPS) is 25.3. The van der Waals surface area contributed by atoms with Gasteiger partial charge in [-0.05, 0) is 106 Å². The van der Waals surface area contributed by atoms with E-state index in [1.807, 2.05) is 18.2 Å². The highest BCUT2D eigenvalue weighted by Gasteiger charge is 2.25. The first-order chi connectivity index (χ1) is 17.3. The molecule has 2 saturated carbocycles. The van der Waals surface area contributed by atoms with Gasteiger partial charge in [0.2, 0.25) is 0 Å². The molecule has 1 aromatic rings. The molecule has 2 aliphatic rings. The number of nitriles is 1. The Kier molecular flexibility index (Phi) is 13.3. The van der Waals surface area contributed by atoms with Crippen LogP contribution in [0.15, 0.2) is 48.6 Å². The van der Waals surface area contributed by atoms with Crippen LogP contribution in [0.2, 0.25) is 0 Å². The molecule has 1 aromatic carbocycles. The van der Waals surface area contributed by atoms with Crippen molar-refractivity contribution in [2.45, 2.75) is 122 Å². The summed E-state index contributed by atoms with van der Waals surface area (Å²) in [6.07, 6.45) is 28.9. The first kappa shape index (κ1) is 27.7. The van der Waals surface area contributed by atoms with Crippen molar-refractivity contribution in [3.05, 3.63) is 59.7 Å². The number of hydrogen-bond donors (Lipinski definition) is 0. The smallest absolute Gasteiger partial charge is 0.0912 e. The van der Waals surface area contributed by atoms with Crippen molar-refractivity contribution in [1.82, 2.24) is 0 Å². The molecule has 0 spiro atoms. The fraction of sp³-hybridized carbons (Fsp3) is 0.667. The third-order valence-electron chi connectivity index (χ3n) is 8.39. The first-order valence-electron chi connectivity index (χ1n) is 14.7. The van der Waals surface area contributed by atoms with Crippen LogP contribution in [-0.4, -0.2) is 12.7 Å². The molecule has 0 radical (unpaired) electrons. The van der Waals surface area contributed by atoms with Crippen LogP contribution < -0.4 is 0 Å². The summed E-state index contributed by atoms with van der Waals surface area (Å²) in [5.41, 5.74) is 3.08. The second kappa shape index (κ2) is 16.8. The van der Waals surface area contributed by atoms with Crippen molar-refractivity contribution in [3.8, 4) is 6.07 Å². The summed E-state index contributed by atoms with van der Waals surface area (Å²) in [4.78, 5) is 0. The molecule has 0 unspecified atom stereocenters. The summed E-state index contributed by atoms with van der Waals surface area (Å²) in [6.45, 7) is 3.26. The first-order valence-corrected chi connectivity index (χ1v) is 14.7. The molecule has 0 aromatic heterocycles. The molecule has 0 aliphatic heterocycles. The molecule has 0 N–H and O–H groups in total.